The third-order valence-electron chi connectivity index (χ3n) is 5.69. The molecule has 184 valence electrons. The fourth-order valence-corrected chi connectivity index (χ4v) is 4.14. The molecule has 0 bridgehead atoms. The normalized spacial score (nSPS) is 17.3. The first-order valence-corrected chi connectivity index (χ1v) is 10.4. The van der Waals surface area contributed by atoms with Gasteiger partial charge < -0.3 is 19.4 Å². The zero-order valence-corrected chi connectivity index (χ0v) is 17.9. The van der Waals surface area contributed by atoms with Gasteiger partial charge in [0.15, 0.2) is 5.69 Å². The molecule has 35 heavy (non-hydrogen) atoms. The van der Waals surface area contributed by atoms with Gasteiger partial charge in [0.05, 0.1) is 23.2 Å². The second-order valence-corrected chi connectivity index (χ2v) is 7.98. The van der Waals surface area contributed by atoms with Crippen molar-refractivity contribution in [2.45, 2.75) is 38.1 Å². The number of pyridine rings is 1. The van der Waals surface area contributed by atoms with Gasteiger partial charge in [-0.2, -0.15) is 18.3 Å². The lowest BCUT2D eigenvalue weighted by Crippen LogP contribution is -2.41. The molecule has 5 heterocycles. The smallest absolute Gasteiger partial charge is 0.432 e. The number of oxazole rings is 1. The second-order valence-electron chi connectivity index (χ2n) is 7.98. The molecule has 0 spiro atoms. The number of fused-ring (bicyclic) bond motifs is 2. The van der Waals surface area contributed by atoms with E-state index in [9.17, 15) is 31.9 Å². The van der Waals surface area contributed by atoms with Crippen molar-refractivity contribution in [1.82, 2.24) is 29.5 Å². The SMILES string of the molecule is C[C@@H](O)c1nc(C(F)F)c(C(=O)N2CCc3[nH]cnc3[C@H]2c2cc3cccc(C(F)(F)F)n3n2)o1. The molecule has 4 aromatic rings. The summed E-state index contributed by atoms with van der Waals surface area (Å²) in [7, 11) is 0. The van der Waals surface area contributed by atoms with Crippen LogP contribution in [0.25, 0.3) is 5.52 Å². The molecule has 1 aliphatic rings. The highest BCUT2D eigenvalue weighted by atomic mass is 19.4. The van der Waals surface area contributed by atoms with Crippen LogP contribution in [0.2, 0.25) is 0 Å². The van der Waals surface area contributed by atoms with E-state index in [4.69, 9.17) is 4.42 Å². The number of hydrogen-bond acceptors (Lipinski definition) is 6. The molecule has 0 fully saturated rings. The Hall–Kier alpha value is -3.81. The van der Waals surface area contributed by atoms with E-state index >= 15 is 0 Å². The Kier molecular flexibility index (Phi) is 5.34. The quantitative estimate of drug-likeness (QED) is 0.415. The number of aromatic amines is 1. The summed E-state index contributed by atoms with van der Waals surface area (Å²) >= 11 is 0. The summed E-state index contributed by atoms with van der Waals surface area (Å²) in [6.45, 7) is 1.25. The molecule has 0 aliphatic carbocycles. The molecule has 0 saturated carbocycles. The summed E-state index contributed by atoms with van der Waals surface area (Å²) in [4.78, 5) is 25.3. The van der Waals surface area contributed by atoms with Crippen molar-refractivity contribution in [2.24, 2.45) is 0 Å². The molecule has 2 N–H and O–H groups in total. The third-order valence-corrected chi connectivity index (χ3v) is 5.69. The van der Waals surface area contributed by atoms with Crippen LogP contribution in [0.3, 0.4) is 0 Å². The third kappa shape index (κ3) is 3.83. The molecule has 0 unspecified atom stereocenters. The number of alkyl halides is 5. The van der Waals surface area contributed by atoms with E-state index in [2.05, 4.69) is 20.1 Å². The lowest BCUT2D eigenvalue weighted by molar-refractivity contribution is -0.142. The standard InChI is InChI=1S/C21H17F5N6O3/c1-9(33)19-29-15(18(22)23)17(35-19)20(34)31-6-5-11-14(28-8-27-11)16(31)12-7-10-3-2-4-13(21(24,25)26)32(10)30-12/h2-4,7-9,16,18,33H,5-6H2,1H3,(H,27,28)/t9-,16-/m1/s1. The molecule has 14 heteroatoms. The van der Waals surface area contributed by atoms with E-state index in [0.717, 1.165) is 11.0 Å². The fourth-order valence-electron chi connectivity index (χ4n) is 4.14. The van der Waals surface area contributed by atoms with Crippen LogP contribution in [0.15, 0.2) is 35.0 Å². The van der Waals surface area contributed by atoms with Gasteiger partial charge in [0.25, 0.3) is 12.3 Å². The molecular formula is C21H17F5N6O3. The van der Waals surface area contributed by atoms with Crippen LogP contribution in [0.5, 0.6) is 0 Å². The Morgan fingerprint density at radius 2 is 2.09 bits per heavy atom. The summed E-state index contributed by atoms with van der Waals surface area (Å²) in [5, 5.41) is 13.8. The summed E-state index contributed by atoms with van der Waals surface area (Å²) < 4.78 is 73.7. The highest BCUT2D eigenvalue weighted by Crippen LogP contribution is 2.37. The summed E-state index contributed by atoms with van der Waals surface area (Å²) in [5.74, 6) is -2.20. The predicted octanol–water partition coefficient (Wildman–Crippen LogP) is 3.84. The Labute approximate surface area is 193 Å². The summed E-state index contributed by atoms with van der Waals surface area (Å²) in [6.07, 6.45) is -7.55. The molecule has 0 saturated heterocycles. The van der Waals surface area contributed by atoms with Gasteiger partial charge in [-0.3, -0.25) is 4.79 Å². The first-order chi connectivity index (χ1) is 16.6. The van der Waals surface area contributed by atoms with Gasteiger partial charge in [-0.25, -0.2) is 23.3 Å². The van der Waals surface area contributed by atoms with Crippen molar-refractivity contribution in [3.8, 4) is 0 Å². The molecule has 0 aromatic carbocycles. The first-order valence-electron chi connectivity index (χ1n) is 10.4. The number of aliphatic hydroxyl groups is 1. The van der Waals surface area contributed by atoms with E-state index in [1.165, 1.54) is 31.5 Å². The molecule has 2 atom stereocenters. The molecule has 4 aromatic heterocycles. The average molecular weight is 496 g/mol. The van der Waals surface area contributed by atoms with Crippen LogP contribution in [0, 0.1) is 0 Å². The predicted molar refractivity (Wildman–Crippen MR) is 107 cm³/mol. The average Bonchev–Trinajstić information content (AvgIpc) is 3.54. The van der Waals surface area contributed by atoms with Crippen LogP contribution >= 0.6 is 0 Å². The van der Waals surface area contributed by atoms with Gasteiger partial charge in [0, 0.05) is 18.7 Å². The van der Waals surface area contributed by atoms with Gasteiger partial charge in [0.1, 0.15) is 17.8 Å². The lowest BCUT2D eigenvalue weighted by atomic mass is 9.99. The summed E-state index contributed by atoms with van der Waals surface area (Å²) in [6, 6.07) is 3.80. The lowest BCUT2D eigenvalue weighted by Gasteiger charge is -2.33. The highest BCUT2D eigenvalue weighted by molar-refractivity contribution is 5.93. The van der Waals surface area contributed by atoms with E-state index in [1.807, 2.05) is 0 Å². The van der Waals surface area contributed by atoms with E-state index in [1.54, 1.807) is 0 Å². The van der Waals surface area contributed by atoms with Crippen LogP contribution < -0.4 is 0 Å². The minimum Gasteiger partial charge on any atom is -0.432 e. The Morgan fingerprint density at radius 3 is 2.77 bits per heavy atom. The van der Waals surface area contributed by atoms with Crippen molar-refractivity contribution < 1.29 is 36.3 Å². The molecule has 0 radical (unpaired) electrons. The maximum atomic E-state index is 13.6. The second kappa shape index (κ2) is 8.15. The summed E-state index contributed by atoms with van der Waals surface area (Å²) in [5.41, 5.74) is -0.842. The minimum atomic E-state index is -4.69. The number of carbonyl (C=O) groups excluding carboxylic acids is 1. The largest absolute Gasteiger partial charge is 0.433 e. The van der Waals surface area contributed by atoms with Crippen molar-refractivity contribution in [3.63, 3.8) is 0 Å². The number of hydrogen-bond donors (Lipinski definition) is 2. The molecule has 9 nitrogen and oxygen atoms in total. The van der Waals surface area contributed by atoms with Crippen LogP contribution in [-0.2, 0) is 12.6 Å². The molecule has 5 rings (SSSR count). The van der Waals surface area contributed by atoms with E-state index in [0.29, 0.717) is 15.9 Å². The van der Waals surface area contributed by atoms with Gasteiger partial charge in [0.2, 0.25) is 11.7 Å². The van der Waals surface area contributed by atoms with E-state index < -0.39 is 53.7 Å². The molecule has 1 amide bonds. The topological polar surface area (TPSA) is 113 Å². The maximum absolute atomic E-state index is 13.6. The van der Waals surface area contributed by atoms with Gasteiger partial charge in [-0.1, -0.05) is 6.07 Å². The molecular weight excluding hydrogens is 479 g/mol. The van der Waals surface area contributed by atoms with Crippen molar-refractivity contribution in [3.05, 3.63) is 70.7 Å². The van der Waals surface area contributed by atoms with Crippen LogP contribution in [-0.4, -0.2) is 47.0 Å². The zero-order valence-electron chi connectivity index (χ0n) is 17.9. The van der Waals surface area contributed by atoms with Gasteiger partial charge >= 0.3 is 6.18 Å². The van der Waals surface area contributed by atoms with Crippen molar-refractivity contribution in [2.75, 3.05) is 6.54 Å². The fraction of sp³-hybridized carbons (Fsp3) is 0.333. The number of nitrogens with zero attached hydrogens (tertiary/aromatic N) is 5. The Morgan fingerprint density at radius 1 is 1.31 bits per heavy atom. The van der Waals surface area contributed by atoms with Crippen molar-refractivity contribution in [1.29, 1.82) is 0 Å². The Bertz CT molecular complexity index is 1410. The van der Waals surface area contributed by atoms with Crippen molar-refractivity contribution >= 4 is 11.4 Å². The highest BCUT2D eigenvalue weighted by Gasteiger charge is 2.41. The number of aromatic nitrogens is 5. The number of rotatable bonds is 4. The minimum absolute atomic E-state index is 0.00603. The maximum Gasteiger partial charge on any atom is 0.433 e. The number of aliphatic hydroxyl groups excluding tert-OH is 1. The van der Waals surface area contributed by atoms with Gasteiger partial charge in [-0.05, 0) is 25.1 Å². The number of halogens is 5. The van der Waals surface area contributed by atoms with Crippen LogP contribution in [0.1, 0.15) is 70.4 Å². The van der Waals surface area contributed by atoms with Crippen LogP contribution in [0.4, 0.5) is 22.0 Å². The number of carbonyl (C=O) groups is 1. The number of H-pyrrole nitrogens is 1. The van der Waals surface area contributed by atoms with E-state index in [-0.39, 0.29) is 24.2 Å². The Balaban J connectivity index is 1.64. The monoisotopic (exact) mass is 496 g/mol. The first kappa shape index (κ1) is 23.0. The zero-order chi connectivity index (χ0) is 25.1. The number of amides is 1. The van der Waals surface area contributed by atoms with Gasteiger partial charge in [-0.15, -0.1) is 0 Å². The number of nitrogens with one attached hydrogen (secondary N) is 1. The number of imidazole rings is 1. The molecule has 1 aliphatic heterocycles.